The largest absolute Gasteiger partial charge is 0.342 e. The molecule has 0 bridgehead atoms. The third-order valence-corrected chi connectivity index (χ3v) is 5.41. The fourth-order valence-electron chi connectivity index (χ4n) is 4.00. The highest BCUT2D eigenvalue weighted by molar-refractivity contribution is 6.36. The number of fused-ring (bicyclic) bond motifs is 2. The third kappa shape index (κ3) is 2.64. The van der Waals surface area contributed by atoms with Gasteiger partial charge in [0.1, 0.15) is 0 Å². The zero-order valence-corrected chi connectivity index (χ0v) is 15.7. The first-order chi connectivity index (χ1) is 13.7. The first-order valence-electron chi connectivity index (χ1n) is 9.43. The number of amides is 1. The Bertz CT molecular complexity index is 1220. The monoisotopic (exact) mass is 364 g/mol. The molecule has 0 spiro atoms. The van der Waals surface area contributed by atoms with Crippen molar-refractivity contribution < 1.29 is 4.79 Å². The number of para-hydroxylation sites is 2. The molecule has 0 saturated carbocycles. The van der Waals surface area contributed by atoms with Crippen molar-refractivity contribution in [1.82, 2.24) is 4.57 Å². The molecule has 0 saturated heterocycles. The van der Waals surface area contributed by atoms with Crippen LogP contribution in [0.5, 0.6) is 0 Å². The van der Waals surface area contributed by atoms with Gasteiger partial charge in [-0.05, 0) is 23.8 Å². The number of anilines is 1. The maximum atomic E-state index is 12.9. The number of carbonyl (C=O) groups excluding carboxylic acids is 1. The molecule has 136 valence electrons. The van der Waals surface area contributed by atoms with Crippen LogP contribution in [0.25, 0.3) is 22.6 Å². The smallest absolute Gasteiger partial charge is 0.258 e. The van der Waals surface area contributed by atoms with E-state index in [1.54, 1.807) is 4.90 Å². The third-order valence-electron chi connectivity index (χ3n) is 5.41. The van der Waals surface area contributed by atoms with Crippen LogP contribution in [0.2, 0.25) is 0 Å². The van der Waals surface area contributed by atoms with Crippen molar-refractivity contribution in [3.8, 4) is 0 Å². The standard InChI is InChI=1S/C25H20N2O/c1-26-23-13-7-6-12-21(23)22(25(26)28)15-19-17-27(16-18-9-3-2-4-10-18)24-14-8-5-11-20(19)24/h2-15,17H,16H2,1H3/b22-15+. The molecule has 0 aliphatic carbocycles. The highest BCUT2D eigenvalue weighted by Gasteiger charge is 2.29. The number of hydrogen-bond donors (Lipinski definition) is 0. The van der Waals surface area contributed by atoms with E-state index in [-0.39, 0.29) is 5.91 Å². The summed E-state index contributed by atoms with van der Waals surface area (Å²) in [5.74, 6) is 0.0427. The van der Waals surface area contributed by atoms with Crippen LogP contribution in [0, 0.1) is 0 Å². The number of carbonyl (C=O) groups is 1. The van der Waals surface area contributed by atoms with E-state index in [0.717, 1.165) is 34.3 Å². The fraction of sp³-hybridized carbons (Fsp3) is 0.0800. The number of benzene rings is 3. The summed E-state index contributed by atoms with van der Waals surface area (Å²) in [4.78, 5) is 14.6. The van der Waals surface area contributed by atoms with E-state index < -0.39 is 0 Å². The van der Waals surface area contributed by atoms with Crippen LogP contribution in [0.1, 0.15) is 16.7 Å². The Morgan fingerprint density at radius 3 is 2.43 bits per heavy atom. The van der Waals surface area contributed by atoms with E-state index in [2.05, 4.69) is 53.2 Å². The summed E-state index contributed by atoms with van der Waals surface area (Å²) in [7, 11) is 1.83. The zero-order valence-electron chi connectivity index (χ0n) is 15.7. The van der Waals surface area contributed by atoms with Crippen LogP contribution in [-0.4, -0.2) is 17.5 Å². The normalized spacial score (nSPS) is 14.8. The topological polar surface area (TPSA) is 25.2 Å². The minimum absolute atomic E-state index is 0.0427. The molecule has 0 N–H and O–H groups in total. The molecule has 3 aromatic carbocycles. The van der Waals surface area contributed by atoms with Gasteiger partial charge in [0.15, 0.2) is 0 Å². The Balaban J connectivity index is 1.64. The Morgan fingerprint density at radius 1 is 0.857 bits per heavy atom. The van der Waals surface area contributed by atoms with Gasteiger partial charge in [-0.2, -0.15) is 0 Å². The van der Waals surface area contributed by atoms with Crippen LogP contribution in [-0.2, 0) is 11.3 Å². The predicted octanol–water partition coefficient (Wildman–Crippen LogP) is 5.21. The van der Waals surface area contributed by atoms with Gasteiger partial charge < -0.3 is 9.47 Å². The number of nitrogens with zero attached hydrogens (tertiary/aromatic N) is 2. The van der Waals surface area contributed by atoms with Crippen LogP contribution in [0.3, 0.4) is 0 Å². The summed E-state index contributed by atoms with van der Waals surface area (Å²) >= 11 is 0. The van der Waals surface area contributed by atoms with Gasteiger partial charge >= 0.3 is 0 Å². The van der Waals surface area contributed by atoms with E-state index >= 15 is 0 Å². The van der Waals surface area contributed by atoms with E-state index in [4.69, 9.17) is 0 Å². The molecule has 5 rings (SSSR count). The molecule has 1 aliphatic heterocycles. The Morgan fingerprint density at radius 2 is 1.57 bits per heavy atom. The van der Waals surface area contributed by atoms with Crippen molar-refractivity contribution >= 4 is 34.1 Å². The summed E-state index contributed by atoms with van der Waals surface area (Å²) < 4.78 is 2.26. The lowest BCUT2D eigenvalue weighted by molar-refractivity contribution is -0.112. The zero-order chi connectivity index (χ0) is 19.1. The highest BCUT2D eigenvalue weighted by atomic mass is 16.2. The van der Waals surface area contributed by atoms with Gasteiger partial charge in [-0.1, -0.05) is 66.7 Å². The summed E-state index contributed by atoms with van der Waals surface area (Å²) in [6.07, 6.45) is 4.19. The molecular formula is C25H20N2O. The number of aromatic nitrogens is 1. The Kier molecular flexibility index (Phi) is 3.87. The van der Waals surface area contributed by atoms with Crippen molar-refractivity contribution in [3.63, 3.8) is 0 Å². The van der Waals surface area contributed by atoms with E-state index in [0.29, 0.717) is 0 Å². The maximum Gasteiger partial charge on any atom is 0.258 e. The molecule has 0 radical (unpaired) electrons. The van der Waals surface area contributed by atoms with E-state index in [9.17, 15) is 4.79 Å². The number of likely N-dealkylation sites (N-methyl/N-ethyl adjacent to an activating group) is 1. The summed E-state index contributed by atoms with van der Waals surface area (Å²) in [6, 6.07) is 26.8. The summed E-state index contributed by atoms with van der Waals surface area (Å²) in [6.45, 7) is 0.801. The summed E-state index contributed by atoms with van der Waals surface area (Å²) in [5.41, 5.74) is 6.21. The second-order valence-electron chi connectivity index (χ2n) is 7.15. The van der Waals surface area contributed by atoms with Gasteiger partial charge in [0.05, 0.1) is 5.69 Å². The molecule has 0 unspecified atom stereocenters. The first-order valence-corrected chi connectivity index (χ1v) is 9.43. The molecule has 1 aromatic heterocycles. The molecular weight excluding hydrogens is 344 g/mol. The average Bonchev–Trinajstić information content (AvgIpc) is 3.20. The molecule has 1 amide bonds. The molecule has 1 aliphatic rings. The highest BCUT2D eigenvalue weighted by Crippen LogP contribution is 2.37. The quantitative estimate of drug-likeness (QED) is 0.458. The first kappa shape index (κ1) is 16.6. The van der Waals surface area contributed by atoms with Crippen molar-refractivity contribution in [1.29, 1.82) is 0 Å². The number of rotatable bonds is 3. The van der Waals surface area contributed by atoms with E-state index in [1.165, 1.54) is 11.1 Å². The van der Waals surface area contributed by atoms with E-state index in [1.807, 2.05) is 49.5 Å². The van der Waals surface area contributed by atoms with Crippen molar-refractivity contribution in [2.75, 3.05) is 11.9 Å². The lowest BCUT2D eigenvalue weighted by Gasteiger charge is -2.07. The van der Waals surface area contributed by atoms with Gasteiger partial charge in [-0.3, -0.25) is 4.79 Å². The lowest BCUT2D eigenvalue weighted by atomic mass is 10.0. The lowest BCUT2D eigenvalue weighted by Crippen LogP contribution is -2.20. The molecule has 28 heavy (non-hydrogen) atoms. The van der Waals surface area contributed by atoms with Crippen molar-refractivity contribution in [2.24, 2.45) is 0 Å². The summed E-state index contributed by atoms with van der Waals surface area (Å²) in [5, 5.41) is 1.16. The van der Waals surface area contributed by atoms with Gasteiger partial charge in [0.2, 0.25) is 0 Å². The van der Waals surface area contributed by atoms with Crippen LogP contribution in [0.4, 0.5) is 5.69 Å². The Hall–Kier alpha value is -3.59. The molecule has 2 heterocycles. The SMILES string of the molecule is CN1C(=O)/C(=C/c2cn(Cc3ccccc3)c3ccccc23)c2ccccc21. The van der Waals surface area contributed by atoms with Gasteiger partial charge in [-0.25, -0.2) is 0 Å². The molecule has 0 fully saturated rings. The van der Waals surface area contributed by atoms with Crippen molar-refractivity contribution in [2.45, 2.75) is 6.54 Å². The minimum atomic E-state index is 0.0427. The second kappa shape index (κ2) is 6.54. The number of hydrogen-bond acceptors (Lipinski definition) is 1. The van der Waals surface area contributed by atoms with Gasteiger partial charge in [0, 0.05) is 47.4 Å². The van der Waals surface area contributed by atoms with Crippen molar-refractivity contribution in [3.05, 3.63) is 102 Å². The average molecular weight is 364 g/mol. The van der Waals surface area contributed by atoms with Crippen LogP contribution < -0.4 is 4.90 Å². The van der Waals surface area contributed by atoms with Crippen LogP contribution >= 0.6 is 0 Å². The maximum absolute atomic E-state index is 12.9. The predicted molar refractivity (Wildman–Crippen MR) is 115 cm³/mol. The van der Waals surface area contributed by atoms with Gasteiger partial charge in [0.25, 0.3) is 5.91 Å². The minimum Gasteiger partial charge on any atom is -0.342 e. The second-order valence-corrected chi connectivity index (χ2v) is 7.15. The van der Waals surface area contributed by atoms with Crippen LogP contribution in [0.15, 0.2) is 85.1 Å². The fourth-order valence-corrected chi connectivity index (χ4v) is 4.00. The van der Waals surface area contributed by atoms with Gasteiger partial charge in [-0.15, -0.1) is 0 Å². The molecule has 3 heteroatoms. The molecule has 3 nitrogen and oxygen atoms in total. The Labute approximate surface area is 164 Å². The molecule has 0 atom stereocenters. The molecule has 4 aromatic rings.